The van der Waals surface area contributed by atoms with Crippen molar-refractivity contribution in [3.8, 4) is 0 Å². The van der Waals surface area contributed by atoms with Crippen LogP contribution in [0, 0.1) is 10.8 Å². The molecule has 1 saturated carbocycles. The first kappa shape index (κ1) is 25.1. The van der Waals surface area contributed by atoms with E-state index in [0.29, 0.717) is 6.54 Å². The van der Waals surface area contributed by atoms with Gasteiger partial charge in [-0.3, -0.25) is 4.79 Å². The van der Waals surface area contributed by atoms with Gasteiger partial charge in [0.15, 0.2) is 0 Å². The Kier molecular flexibility index (Phi) is 5.92. The molecule has 1 aliphatic heterocycles. The molecule has 3 aromatic carbocycles. The summed E-state index contributed by atoms with van der Waals surface area (Å²) in [6.07, 6.45) is 5.14. The number of fused-ring (bicyclic) bond motifs is 4. The Balaban J connectivity index is 1.35. The molecular weight excluding hydrogens is 494 g/mol. The van der Waals surface area contributed by atoms with Crippen molar-refractivity contribution in [3.63, 3.8) is 0 Å². The van der Waals surface area contributed by atoms with E-state index < -0.39 is 16.1 Å². The van der Waals surface area contributed by atoms with Gasteiger partial charge in [0.2, 0.25) is 15.9 Å². The third-order valence-electron chi connectivity index (χ3n) is 8.42. The van der Waals surface area contributed by atoms with Gasteiger partial charge >= 0.3 is 0 Å². The molecule has 2 aliphatic rings. The number of benzene rings is 3. The topological polar surface area (TPSA) is 82.3 Å². The fourth-order valence-corrected chi connectivity index (χ4v) is 8.43. The van der Waals surface area contributed by atoms with Gasteiger partial charge in [-0.15, -0.1) is 0 Å². The van der Waals surface area contributed by atoms with E-state index in [4.69, 9.17) is 0 Å². The van der Waals surface area contributed by atoms with Crippen LogP contribution in [0.25, 0.3) is 21.7 Å². The number of sulfonamides is 1. The van der Waals surface area contributed by atoms with Gasteiger partial charge in [0, 0.05) is 29.7 Å². The number of amides is 1. The standard InChI is InChI=1S/C31H35N3O3S/c1-30(2)16-24-17-31(3,19-30)20-34(24)29(35)28(15-23-18-32-27-11-7-6-10-26(23)27)33-38(36,37)25-13-12-21-8-4-5-9-22(21)14-25/h4-14,18,24,28,32-33H,15-17,19-20H2,1-3H3. The normalized spacial score (nSPS) is 23.7. The van der Waals surface area contributed by atoms with Crippen LogP contribution in [-0.2, 0) is 21.2 Å². The number of H-pyrrole nitrogens is 1. The van der Waals surface area contributed by atoms with Crippen molar-refractivity contribution in [1.82, 2.24) is 14.6 Å². The molecule has 2 heterocycles. The average molecular weight is 530 g/mol. The number of nitrogens with one attached hydrogen (secondary N) is 2. The van der Waals surface area contributed by atoms with E-state index in [1.54, 1.807) is 12.1 Å². The second-order valence-electron chi connectivity index (χ2n) is 12.4. The summed E-state index contributed by atoms with van der Waals surface area (Å²) in [4.78, 5) is 19.6. The molecule has 4 aromatic rings. The summed E-state index contributed by atoms with van der Waals surface area (Å²) < 4.78 is 30.2. The number of carbonyl (C=O) groups is 1. The Morgan fingerprint density at radius 1 is 1.03 bits per heavy atom. The van der Waals surface area contributed by atoms with E-state index in [9.17, 15) is 13.2 Å². The molecule has 198 valence electrons. The maximum Gasteiger partial charge on any atom is 0.241 e. The lowest BCUT2D eigenvalue weighted by atomic mass is 9.65. The molecule has 38 heavy (non-hydrogen) atoms. The van der Waals surface area contributed by atoms with Crippen LogP contribution < -0.4 is 4.72 Å². The van der Waals surface area contributed by atoms with Crippen LogP contribution in [0.15, 0.2) is 77.8 Å². The van der Waals surface area contributed by atoms with Crippen molar-refractivity contribution in [1.29, 1.82) is 0 Å². The number of hydrogen-bond acceptors (Lipinski definition) is 3. The maximum absolute atomic E-state index is 14.2. The highest BCUT2D eigenvalue weighted by atomic mass is 32.2. The highest BCUT2D eigenvalue weighted by Crippen LogP contribution is 2.52. The first-order valence-electron chi connectivity index (χ1n) is 13.4. The summed E-state index contributed by atoms with van der Waals surface area (Å²) in [6, 6.07) is 19.9. The summed E-state index contributed by atoms with van der Waals surface area (Å²) >= 11 is 0. The second kappa shape index (κ2) is 8.95. The van der Waals surface area contributed by atoms with Crippen LogP contribution in [0.4, 0.5) is 0 Å². The summed E-state index contributed by atoms with van der Waals surface area (Å²) in [5, 5.41) is 2.82. The maximum atomic E-state index is 14.2. The summed E-state index contributed by atoms with van der Waals surface area (Å²) in [6.45, 7) is 7.48. The number of nitrogens with zero attached hydrogens (tertiary/aromatic N) is 1. The van der Waals surface area contributed by atoms with Gasteiger partial charge in [-0.2, -0.15) is 4.72 Å². The van der Waals surface area contributed by atoms with Gasteiger partial charge in [0.25, 0.3) is 0 Å². The average Bonchev–Trinajstić information content (AvgIpc) is 3.39. The fraction of sp³-hybridized carbons (Fsp3) is 0.387. The van der Waals surface area contributed by atoms with Crippen LogP contribution in [-0.4, -0.2) is 42.8 Å². The second-order valence-corrected chi connectivity index (χ2v) is 14.1. The van der Waals surface area contributed by atoms with Gasteiger partial charge in [-0.05, 0) is 71.0 Å². The summed E-state index contributed by atoms with van der Waals surface area (Å²) in [5.74, 6) is -0.133. The Bertz CT molecular complexity index is 1640. The van der Waals surface area contributed by atoms with Crippen LogP contribution in [0.1, 0.15) is 45.6 Å². The molecule has 1 amide bonds. The van der Waals surface area contributed by atoms with Gasteiger partial charge in [-0.1, -0.05) is 69.3 Å². The summed E-state index contributed by atoms with van der Waals surface area (Å²) in [5.41, 5.74) is 2.11. The number of carbonyl (C=O) groups excluding carboxylic acids is 1. The Morgan fingerprint density at radius 2 is 1.76 bits per heavy atom. The SMILES string of the molecule is CC1(C)CC2CC(C)(CN2C(=O)C(Cc2c[nH]c3ccccc23)NS(=O)(=O)c2ccc3ccccc3c2)C1. The molecule has 7 heteroatoms. The Labute approximate surface area is 224 Å². The van der Waals surface area contributed by atoms with Crippen LogP contribution >= 0.6 is 0 Å². The highest BCUT2D eigenvalue weighted by molar-refractivity contribution is 7.89. The zero-order valence-corrected chi connectivity index (χ0v) is 23.0. The highest BCUT2D eigenvalue weighted by Gasteiger charge is 2.52. The van der Waals surface area contributed by atoms with Crippen molar-refractivity contribution in [2.75, 3.05) is 6.54 Å². The number of aromatic nitrogens is 1. The lowest BCUT2D eigenvalue weighted by molar-refractivity contribution is -0.134. The van der Waals surface area contributed by atoms with Gasteiger partial charge < -0.3 is 9.88 Å². The molecule has 2 fully saturated rings. The first-order chi connectivity index (χ1) is 18.0. The minimum atomic E-state index is -3.95. The molecular formula is C31H35N3O3S. The third-order valence-corrected chi connectivity index (χ3v) is 9.89. The van der Waals surface area contributed by atoms with Crippen LogP contribution in [0.5, 0.6) is 0 Å². The lowest BCUT2D eigenvalue weighted by Gasteiger charge is -2.39. The van der Waals surface area contributed by atoms with E-state index in [0.717, 1.165) is 46.5 Å². The number of rotatable bonds is 6. The largest absolute Gasteiger partial charge is 0.361 e. The minimum Gasteiger partial charge on any atom is -0.361 e. The summed E-state index contributed by atoms with van der Waals surface area (Å²) in [7, 11) is -3.95. The van der Waals surface area contributed by atoms with Crippen molar-refractivity contribution in [2.24, 2.45) is 10.8 Å². The molecule has 3 atom stereocenters. The quantitative estimate of drug-likeness (QED) is 0.339. The number of aromatic amines is 1. The molecule has 2 N–H and O–H groups in total. The minimum absolute atomic E-state index is 0.0601. The number of likely N-dealkylation sites (tertiary alicyclic amines) is 1. The molecule has 2 bridgehead atoms. The van der Waals surface area contributed by atoms with E-state index >= 15 is 0 Å². The number of para-hydroxylation sites is 1. The predicted molar refractivity (Wildman–Crippen MR) is 151 cm³/mol. The molecule has 1 saturated heterocycles. The van der Waals surface area contributed by atoms with Gasteiger partial charge in [0.05, 0.1) is 4.90 Å². The van der Waals surface area contributed by atoms with E-state index in [1.807, 2.05) is 65.7 Å². The van der Waals surface area contributed by atoms with E-state index in [-0.39, 0.29) is 34.1 Å². The molecule has 3 unspecified atom stereocenters. The monoisotopic (exact) mass is 529 g/mol. The third kappa shape index (κ3) is 4.63. The van der Waals surface area contributed by atoms with Crippen molar-refractivity contribution in [2.45, 2.75) is 63.4 Å². The molecule has 0 spiro atoms. The smallest absolute Gasteiger partial charge is 0.241 e. The zero-order valence-electron chi connectivity index (χ0n) is 22.2. The number of hydrogen-bond donors (Lipinski definition) is 2. The van der Waals surface area contributed by atoms with Crippen molar-refractivity contribution < 1.29 is 13.2 Å². The molecule has 1 aromatic heterocycles. The molecule has 0 radical (unpaired) electrons. The molecule has 6 rings (SSSR count). The van der Waals surface area contributed by atoms with Crippen LogP contribution in [0.3, 0.4) is 0 Å². The van der Waals surface area contributed by atoms with Crippen molar-refractivity contribution >= 4 is 37.6 Å². The molecule has 6 nitrogen and oxygen atoms in total. The molecule has 1 aliphatic carbocycles. The lowest BCUT2D eigenvalue weighted by Crippen LogP contribution is -2.51. The fourth-order valence-electron chi connectivity index (χ4n) is 7.21. The Morgan fingerprint density at radius 3 is 2.58 bits per heavy atom. The first-order valence-corrected chi connectivity index (χ1v) is 14.9. The van der Waals surface area contributed by atoms with Gasteiger partial charge in [-0.25, -0.2) is 8.42 Å². The van der Waals surface area contributed by atoms with Crippen LogP contribution in [0.2, 0.25) is 0 Å². The predicted octanol–water partition coefficient (Wildman–Crippen LogP) is 5.64. The van der Waals surface area contributed by atoms with Crippen molar-refractivity contribution in [3.05, 3.63) is 78.5 Å². The van der Waals surface area contributed by atoms with E-state index in [2.05, 4.69) is 30.5 Å². The van der Waals surface area contributed by atoms with E-state index in [1.165, 1.54) is 0 Å². The zero-order chi connectivity index (χ0) is 26.7. The van der Waals surface area contributed by atoms with Gasteiger partial charge in [0.1, 0.15) is 6.04 Å². The Hall–Kier alpha value is -3.16.